The number of ether oxygens (including phenoxy) is 2. The zero-order valence-electron chi connectivity index (χ0n) is 12.2. The minimum atomic E-state index is -2.65. The Morgan fingerprint density at radius 3 is 2.41 bits per heavy atom. The Balaban J connectivity index is 2.79. The quantitative estimate of drug-likeness (QED) is 0.803. The molecule has 4 nitrogen and oxygen atoms in total. The van der Waals surface area contributed by atoms with Gasteiger partial charge in [0.05, 0.1) is 14.2 Å². The van der Waals surface area contributed by atoms with E-state index in [2.05, 4.69) is 0 Å². The summed E-state index contributed by atoms with van der Waals surface area (Å²) in [6.07, 6.45) is -2.07. The van der Waals surface area contributed by atoms with E-state index in [1.165, 1.54) is 14.2 Å². The second-order valence-electron chi connectivity index (χ2n) is 4.86. The van der Waals surface area contributed by atoms with E-state index in [1.807, 2.05) is 0 Å². The molecule has 1 unspecified atom stereocenters. The Morgan fingerprint density at radius 2 is 1.91 bits per heavy atom. The average Bonchev–Trinajstić information content (AvgIpc) is 2.54. The number of methoxy groups -OCH3 is 2. The molecule has 0 radical (unpaired) electrons. The van der Waals surface area contributed by atoms with Crippen LogP contribution in [0, 0.1) is 28.6 Å². The monoisotopic (exact) mass is 304 g/mol. The maximum atomic E-state index is 13.4. The predicted molar refractivity (Wildman–Crippen MR) is 75.5 cm³/mol. The van der Waals surface area contributed by atoms with Gasteiger partial charge in [-0.1, -0.05) is 0 Å². The van der Waals surface area contributed by atoms with E-state index in [1.54, 1.807) is 24.3 Å². The number of hydrogen-bond donors (Lipinski definition) is 0. The van der Waals surface area contributed by atoms with Crippen molar-refractivity contribution >= 4 is 5.57 Å². The molecule has 0 aliphatic heterocycles. The van der Waals surface area contributed by atoms with E-state index in [0.717, 1.165) is 5.56 Å². The van der Waals surface area contributed by atoms with E-state index in [4.69, 9.17) is 20.0 Å². The third kappa shape index (κ3) is 2.60. The molecular formula is C16H14F2N2O2. The van der Waals surface area contributed by atoms with Crippen molar-refractivity contribution in [1.82, 2.24) is 0 Å². The lowest BCUT2D eigenvalue weighted by molar-refractivity contribution is 0.0989. The molecule has 1 atom stereocenters. The van der Waals surface area contributed by atoms with Gasteiger partial charge < -0.3 is 9.47 Å². The van der Waals surface area contributed by atoms with Crippen LogP contribution in [0.25, 0.3) is 5.57 Å². The van der Waals surface area contributed by atoms with Crippen molar-refractivity contribution in [2.24, 2.45) is 5.92 Å². The van der Waals surface area contributed by atoms with Crippen LogP contribution in [0.5, 0.6) is 11.5 Å². The zero-order valence-corrected chi connectivity index (χ0v) is 12.2. The van der Waals surface area contributed by atoms with Crippen molar-refractivity contribution < 1.29 is 18.3 Å². The van der Waals surface area contributed by atoms with Gasteiger partial charge in [-0.25, -0.2) is 8.78 Å². The molecule has 22 heavy (non-hydrogen) atoms. The van der Waals surface area contributed by atoms with Crippen molar-refractivity contribution in [1.29, 1.82) is 10.5 Å². The molecule has 0 fully saturated rings. The number of halogens is 2. The van der Waals surface area contributed by atoms with Crippen LogP contribution in [-0.4, -0.2) is 20.6 Å². The van der Waals surface area contributed by atoms with Gasteiger partial charge >= 0.3 is 0 Å². The van der Waals surface area contributed by atoms with Gasteiger partial charge in [-0.05, 0) is 24.5 Å². The normalized spacial score (nSPS) is 16.5. The van der Waals surface area contributed by atoms with Crippen LogP contribution >= 0.6 is 0 Å². The van der Waals surface area contributed by atoms with Gasteiger partial charge in [0.2, 0.25) is 6.43 Å². The number of hydrogen-bond acceptors (Lipinski definition) is 4. The number of benzene rings is 1. The molecule has 0 heterocycles. The molecule has 1 aliphatic carbocycles. The lowest BCUT2D eigenvalue weighted by Crippen LogP contribution is -2.22. The van der Waals surface area contributed by atoms with Gasteiger partial charge in [-0.2, -0.15) is 10.5 Å². The fraction of sp³-hybridized carbons (Fsp3) is 0.375. The maximum Gasteiger partial charge on any atom is 0.245 e. The van der Waals surface area contributed by atoms with Crippen molar-refractivity contribution in [2.75, 3.05) is 14.2 Å². The molecule has 0 saturated heterocycles. The molecular weight excluding hydrogens is 290 g/mol. The minimum Gasteiger partial charge on any atom is -0.497 e. The summed E-state index contributed by atoms with van der Waals surface area (Å²) in [4.78, 5) is 0. The van der Waals surface area contributed by atoms with Gasteiger partial charge in [0.15, 0.2) is 0 Å². The first kappa shape index (κ1) is 15.8. The molecule has 114 valence electrons. The van der Waals surface area contributed by atoms with E-state index in [0.29, 0.717) is 23.5 Å². The summed E-state index contributed by atoms with van der Waals surface area (Å²) in [5.41, 5.74) is 0.930. The van der Waals surface area contributed by atoms with Crippen molar-refractivity contribution in [3.8, 4) is 23.6 Å². The Morgan fingerprint density at radius 1 is 1.23 bits per heavy atom. The first-order valence-electron chi connectivity index (χ1n) is 6.65. The smallest absolute Gasteiger partial charge is 0.245 e. The average molecular weight is 304 g/mol. The molecule has 1 aromatic carbocycles. The molecule has 1 aliphatic rings. The Labute approximate surface area is 127 Å². The van der Waals surface area contributed by atoms with Crippen molar-refractivity contribution in [2.45, 2.75) is 19.3 Å². The van der Waals surface area contributed by atoms with Crippen LogP contribution in [0.2, 0.25) is 0 Å². The first-order chi connectivity index (χ1) is 10.6. The zero-order chi connectivity index (χ0) is 16.3. The summed E-state index contributed by atoms with van der Waals surface area (Å²) >= 11 is 0. The molecule has 0 bridgehead atoms. The summed E-state index contributed by atoms with van der Waals surface area (Å²) in [6.45, 7) is 0. The third-order valence-electron chi connectivity index (χ3n) is 3.77. The van der Waals surface area contributed by atoms with Crippen molar-refractivity contribution in [3.63, 3.8) is 0 Å². The largest absolute Gasteiger partial charge is 0.497 e. The predicted octanol–water partition coefficient (Wildman–Crippen LogP) is 3.33. The number of alkyl halides is 2. The van der Waals surface area contributed by atoms with Gasteiger partial charge in [0, 0.05) is 23.1 Å². The van der Waals surface area contributed by atoms with E-state index < -0.39 is 12.3 Å². The van der Waals surface area contributed by atoms with Crippen LogP contribution in [-0.2, 0) is 6.42 Å². The lowest BCUT2D eigenvalue weighted by atomic mass is 9.77. The fourth-order valence-electron chi connectivity index (χ4n) is 2.78. The van der Waals surface area contributed by atoms with Gasteiger partial charge in [-0.15, -0.1) is 0 Å². The highest BCUT2D eigenvalue weighted by Crippen LogP contribution is 2.46. The Kier molecular flexibility index (Phi) is 4.62. The molecule has 0 spiro atoms. The summed E-state index contributed by atoms with van der Waals surface area (Å²) in [5.74, 6) is -0.275. The van der Waals surface area contributed by atoms with E-state index >= 15 is 0 Å². The molecule has 0 aromatic heterocycles. The highest BCUT2D eigenvalue weighted by atomic mass is 19.3. The highest BCUT2D eigenvalue weighted by Gasteiger charge is 2.35. The van der Waals surface area contributed by atoms with Crippen LogP contribution in [0.15, 0.2) is 17.7 Å². The second kappa shape index (κ2) is 6.44. The SMILES string of the molecule is COc1cc2c(c(OC)c1)C(=C(C#N)C#N)C(C(F)F)CC2. The van der Waals surface area contributed by atoms with E-state index in [9.17, 15) is 8.78 Å². The van der Waals surface area contributed by atoms with E-state index in [-0.39, 0.29) is 17.6 Å². The highest BCUT2D eigenvalue weighted by molar-refractivity contribution is 5.83. The van der Waals surface area contributed by atoms with Crippen molar-refractivity contribution in [3.05, 3.63) is 28.8 Å². The molecule has 0 saturated carbocycles. The molecule has 0 N–H and O–H groups in total. The van der Waals surface area contributed by atoms with Crippen LogP contribution < -0.4 is 9.47 Å². The van der Waals surface area contributed by atoms with Crippen LogP contribution in [0.1, 0.15) is 17.5 Å². The number of rotatable bonds is 3. The number of nitriles is 2. The Bertz CT molecular complexity index is 666. The molecule has 0 amide bonds. The summed E-state index contributed by atoms with van der Waals surface area (Å²) in [7, 11) is 2.91. The number of nitrogens with zero attached hydrogens (tertiary/aromatic N) is 2. The Hall–Kier alpha value is -2.60. The summed E-state index contributed by atoms with van der Waals surface area (Å²) < 4.78 is 37.2. The number of allylic oxidation sites excluding steroid dienone is 2. The first-order valence-corrected chi connectivity index (χ1v) is 6.65. The van der Waals surface area contributed by atoms with Gasteiger partial charge in [0.25, 0.3) is 0 Å². The number of aryl methyl sites for hydroxylation is 1. The summed E-state index contributed by atoms with van der Waals surface area (Å²) in [5, 5.41) is 18.3. The molecule has 6 heteroatoms. The lowest BCUT2D eigenvalue weighted by Gasteiger charge is -2.29. The number of fused-ring (bicyclic) bond motifs is 1. The van der Waals surface area contributed by atoms with Gasteiger partial charge in [0.1, 0.15) is 29.2 Å². The second-order valence-corrected chi connectivity index (χ2v) is 4.86. The fourth-order valence-corrected chi connectivity index (χ4v) is 2.78. The maximum absolute atomic E-state index is 13.4. The van der Waals surface area contributed by atoms with Gasteiger partial charge in [-0.3, -0.25) is 0 Å². The molecule has 1 aromatic rings. The van der Waals surface area contributed by atoms with Crippen LogP contribution in [0.3, 0.4) is 0 Å². The standard InChI is InChI=1S/C16H14F2N2O2/c1-21-11-5-9-3-4-12(16(17)18)14(10(7-19)8-20)15(9)13(6-11)22-2/h5-6,12,16H,3-4H2,1-2H3. The minimum absolute atomic E-state index is 0.0701. The summed E-state index contributed by atoms with van der Waals surface area (Å²) in [6, 6.07) is 6.75. The molecule has 2 rings (SSSR count). The third-order valence-corrected chi connectivity index (χ3v) is 3.77. The van der Waals surface area contributed by atoms with Crippen LogP contribution in [0.4, 0.5) is 8.78 Å². The topological polar surface area (TPSA) is 66.0 Å².